The summed E-state index contributed by atoms with van der Waals surface area (Å²) >= 11 is 0. The molecular formula is C18H19NO5. The molecule has 2 rings (SSSR count). The normalized spacial score (nSPS) is 10.2. The number of aryl methyl sites for hydroxylation is 1. The van der Waals surface area contributed by atoms with Crippen molar-refractivity contribution in [2.24, 2.45) is 0 Å². The lowest BCUT2D eigenvalue weighted by Crippen LogP contribution is -2.30. The number of aromatic hydroxyl groups is 2. The molecule has 2 aromatic carbocycles. The van der Waals surface area contributed by atoms with Gasteiger partial charge in [-0.3, -0.25) is 4.79 Å². The molecule has 0 aromatic heterocycles. The van der Waals surface area contributed by atoms with Gasteiger partial charge in [0.2, 0.25) is 0 Å². The first-order chi connectivity index (χ1) is 11.4. The molecule has 0 saturated carbocycles. The number of phenolic OH excluding ortho intramolecular Hbond substituents is 2. The molecule has 0 radical (unpaired) electrons. The van der Waals surface area contributed by atoms with Gasteiger partial charge in [-0.15, -0.1) is 0 Å². The summed E-state index contributed by atoms with van der Waals surface area (Å²) in [4.78, 5) is 25.4. The van der Waals surface area contributed by atoms with Crippen molar-refractivity contribution >= 4 is 11.9 Å². The number of carbonyl (C=O) groups excluding carboxylic acids is 2. The predicted molar refractivity (Wildman–Crippen MR) is 87.7 cm³/mol. The molecule has 0 aliphatic heterocycles. The van der Waals surface area contributed by atoms with E-state index in [9.17, 15) is 19.8 Å². The Bertz CT molecular complexity index is 740. The van der Waals surface area contributed by atoms with Gasteiger partial charge in [-0.25, -0.2) is 4.79 Å². The van der Waals surface area contributed by atoms with E-state index < -0.39 is 18.3 Å². The number of hydrogen-bond donors (Lipinski definition) is 2. The highest BCUT2D eigenvalue weighted by atomic mass is 16.5. The van der Waals surface area contributed by atoms with Gasteiger partial charge in [0.25, 0.3) is 5.91 Å². The zero-order chi connectivity index (χ0) is 17.7. The van der Waals surface area contributed by atoms with Gasteiger partial charge in [0.1, 0.15) is 17.1 Å². The molecule has 0 bridgehead atoms. The van der Waals surface area contributed by atoms with Crippen molar-refractivity contribution in [2.75, 3.05) is 13.7 Å². The second-order valence-electron chi connectivity index (χ2n) is 5.51. The van der Waals surface area contributed by atoms with Gasteiger partial charge in [-0.1, -0.05) is 29.8 Å². The average Bonchev–Trinajstić information content (AvgIpc) is 2.54. The molecule has 6 heteroatoms. The molecular weight excluding hydrogens is 310 g/mol. The third-order valence-electron chi connectivity index (χ3n) is 3.49. The Labute approximate surface area is 139 Å². The van der Waals surface area contributed by atoms with E-state index in [1.54, 1.807) is 7.05 Å². The van der Waals surface area contributed by atoms with Crippen LogP contribution >= 0.6 is 0 Å². The summed E-state index contributed by atoms with van der Waals surface area (Å²) in [5.41, 5.74) is 2.00. The SMILES string of the molecule is Cc1ccc(CN(C)C(=O)COC(=O)c2ccc(O)cc2O)cc1. The van der Waals surface area contributed by atoms with Crippen LogP contribution in [0.4, 0.5) is 0 Å². The molecule has 0 unspecified atom stereocenters. The van der Waals surface area contributed by atoms with E-state index in [0.717, 1.165) is 17.2 Å². The first-order valence-electron chi connectivity index (χ1n) is 7.35. The van der Waals surface area contributed by atoms with Crippen LogP contribution in [0.2, 0.25) is 0 Å². The molecule has 0 heterocycles. The van der Waals surface area contributed by atoms with Gasteiger partial charge in [0.15, 0.2) is 6.61 Å². The molecule has 2 aromatic rings. The van der Waals surface area contributed by atoms with Gasteiger partial charge in [0, 0.05) is 19.7 Å². The van der Waals surface area contributed by atoms with Crippen LogP contribution in [-0.2, 0) is 16.1 Å². The zero-order valence-corrected chi connectivity index (χ0v) is 13.5. The Morgan fingerprint density at radius 3 is 2.38 bits per heavy atom. The van der Waals surface area contributed by atoms with Crippen LogP contribution in [0.15, 0.2) is 42.5 Å². The zero-order valence-electron chi connectivity index (χ0n) is 13.5. The smallest absolute Gasteiger partial charge is 0.342 e. The highest BCUT2D eigenvalue weighted by Gasteiger charge is 2.16. The number of phenols is 2. The molecule has 0 atom stereocenters. The van der Waals surface area contributed by atoms with Gasteiger partial charge in [-0.05, 0) is 24.6 Å². The standard InChI is InChI=1S/C18H19NO5/c1-12-3-5-13(6-4-12)10-19(2)17(22)11-24-18(23)15-8-7-14(20)9-16(15)21/h3-9,20-21H,10-11H2,1-2H3. The van der Waals surface area contributed by atoms with E-state index in [1.807, 2.05) is 31.2 Å². The van der Waals surface area contributed by atoms with Crippen LogP contribution in [0.25, 0.3) is 0 Å². The number of esters is 1. The van der Waals surface area contributed by atoms with Crippen LogP contribution in [0.3, 0.4) is 0 Å². The van der Waals surface area contributed by atoms with Gasteiger partial charge in [0.05, 0.1) is 0 Å². The summed E-state index contributed by atoms with van der Waals surface area (Å²) in [5.74, 6) is -1.76. The molecule has 0 aliphatic rings. The highest BCUT2D eigenvalue weighted by Crippen LogP contribution is 2.23. The maximum Gasteiger partial charge on any atom is 0.342 e. The minimum atomic E-state index is -0.829. The Morgan fingerprint density at radius 1 is 1.08 bits per heavy atom. The van der Waals surface area contributed by atoms with Gasteiger partial charge < -0.3 is 19.8 Å². The molecule has 0 aliphatic carbocycles. The maximum absolute atomic E-state index is 12.0. The van der Waals surface area contributed by atoms with Crippen molar-refractivity contribution in [2.45, 2.75) is 13.5 Å². The minimum absolute atomic E-state index is 0.109. The summed E-state index contributed by atoms with van der Waals surface area (Å²) in [5, 5.41) is 18.8. The summed E-state index contributed by atoms with van der Waals surface area (Å²) in [6, 6.07) is 11.3. The third-order valence-corrected chi connectivity index (χ3v) is 3.49. The minimum Gasteiger partial charge on any atom is -0.508 e. The second kappa shape index (κ2) is 7.50. The van der Waals surface area contributed by atoms with Crippen LogP contribution in [0, 0.1) is 6.92 Å². The van der Waals surface area contributed by atoms with Crippen molar-refractivity contribution in [1.29, 1.82) is 0 Å². The van der Waals surface area contributed by atoms with E-state index >= 15 is 0 Å². The summed E-state index contributed by atoms with van der Waals surface area (Å²) < 4.78 is 4.92. The average molecular weight is 329 g/mol. The van der Waals surface area contributed by atoms with Crippen LogP contribution < -0.4 is 0 Å². The van der Waals surface area contributed by atoms with Crippen molar-refractivity contribution in [3.05, 3.63) is 59.2 Å². The van der Waals surface area contributed by atoms with Gasteiger partial charge >= 0.3 is 5.97 Å². The quantitative estimate of drug-likeness (QED) is 0.821. The first kappa shape index (κ1) is 17.3. The van der Waals surface area contributed by atoms with Crippen molar-refractivity contribution in [3.63, 3.8) is 0 Å². The van der Waals surface area contributed by atoms with E-state index in [4.69, 9.17) is 4.74 Å². The van der Waals surface area contributed by atoms with Crippen LogP contribution in [0.5, 0.6) is 11.5 Å². The number of nitrogens with zero attached hydrogens (tertiary/aromatic N) is 1. The Hall–Kier alpha value is -3.02. The fourth-order valence-electron chi connectivity index (χ4n) is 2.06. The molecule has 126 valence electrons. The molecule has 24 heavy (non-hydrogen) atoms. The first-order valence-corrected chi connectivity index (χ1v) is 7.35. The monoisotopic (exact) mass is 329 g/mol. The van der Waals surface area contributed by atoms with Crippen LogP contribution in [0.1, 0.15) is 21.5 Å². The fourth-order valence-corrected chi connectivity index (χ4v) is 2.06. The number of benzene rings is 2. The number of rotatable bonds is 5. The van der Waals surface area contributed by atoms with E-state index in [2.05, 4.69) is 0 Å². The molecule has 0 spiro atoms. The van der Waals surface area contributed by atoms with E-state index in [0.29, 0.717) is 6.54 Å². The largest absolute Gasteiger partial charge is 0.508 e. The molecule has 2 N–H and O–H groups in total. The van der Waals surface area contributed by atoms with Crippen molar-refractivity contribution in [1.82, 2.24) is 4.90 Å². The maximum atomic E-state index is 12.0. The Balaban J connectivity index is 1.89. The molecule has 1 amide bonds. The Kier molecular flexibility index (Phi) is 5.42. The molecule has 6 nitrogen and oxygen atoms in total. The van der Waals surface area contributed by atoms with Gasteiger partial charge in [-0.2, -0.15) is 0 Å². The fraction of sp³-hybridized carbons (Fsp3) is 0.222. The highest BCUT2D eigenvalue weighted by molar-refractivity contribution is 5.94. The summed E-state index contributed by atoms with van der Waals surface area (Å²) in [6.07, 6.45) is 0. The number of amides is 1. The lowest BCUT2D eigenvalue weighted by Gasteiger charge is -2.17. The topological polar surface area (TPSA) is 87.1 Å². The number of likely N-dealkylation sites (N-methyl/N-ethyl adjacent to an activating group) is 1. The van der Waals surface area contributed by atoms with Crippen LogP contribution in [-0.4, -0.2) is 40.6 Å². The molecule has 0 saturated heterocycles. The van der Waals surface area contributed by atoms with Crippen molar-refractivity contribution in [3.8, 4) is 11.5 Å². The lowest BCUT2D eigenvalue weighted by molar-refractivity contribution is -0.133. The number of ether oxygens (including phenoxy) is 1. The lowest BCUT2D eigenvalue weighted by atomic mass is 10.1. The molecule has 0 fully saturated rings. The summed E-state index contributed by atoms with van der Waals surface area (Å²) in [7, 11) is 1.62. The van der Waals surface area contributed by atoms with E-state index in [1.165, 1.54) is 17.0 Å². The number of carbonyl (C=O) groups is 2. The Morgan fingerprint density at radius 2 is 1.75 bits per heavy atom. The second-order valence-corrected chi connectivity index (χ2v) is 5.51. The third kappa shape index (κ3) is 4.49. The number of hydrogen-bond acceptors (Lipinski definition) is 5. The van der Waals surface area contributed by atoms with Crippen molar-refractivity contribution < 1.29 is 24.5 Å². The predicted octanol–water partition coefficient (Wildman–Crippen LogP) is 2.22. The summed E-state index contributed by atoms with van der Waals surface area (Å²) in [6.45, 7) is 1.96. The van der Waals surface area contributed by atoms with E-state index in [-0.39, 0.29) is 17.2 Å².